The SMILES string of the molecule is C/C(=C\C(C)C)NC1=NC(C2CCCCC2)Nc2ccccc21. The molecule has 1 atom stereocenters. The van der Waals surface area contributed by atoms with Gasteiger partial charge >= 0.3 is 0 Å². The zero-order valence-corrected chi connectivity index (χ0v) is 14.6. The second kappa shape index (κ2) is 7.20. The van der Waals surface area contributed by atoms with Gasteiger partial charge in [0.2, 0.25) is 0 Å². The van der Waals surface area contributed by atoms with Crippen molar-refractivity contribution < 1.29 is 0 Å². The quantitative estimate of drug-likeness (QED) is 0.831. The molecule has 1 aliphatic heterocycles. The number of anilines is 1. The van der Waals surface area contributed by atoms with Gasteiger partial charge in [0, 0.05) is 16.9 Å². The summed E-state index contributed by atoms with van der Waals surface area (Å²) >= 11 is 0. The molecule has 3 rings (SSSR count). The first-order valence-electron chi connectivity index (χ1n) is 9.02. The van der Waals surface area contributed by atoms with Crippen LogP contribution in [0.2, 0.25) is 0 Å². The van der Waals surface area contributed by atoms with Crippen molar-refractivity contribution in [3.63, 3.8) is 0 Å². The zero-order chi connectivity index (χ0) is 16.2. The summed E-state index contributed by atoms with van der Waals surface area (Å²) in [6.45, 7) is 6.53. The van der Waals surface area contributed by atoms with Crippen molar-refractivity contribution in [3.05, 3.63) is 41.6 Å². The van der Waals surface area contributed by atoms with Gasteiger partial charge in [0.05, 0.1) is 0 Å². The van der Waals surface area contributed by atoms with E-state index in [-0.39, 0.29) is 6.17 Å². The molecule has 1 heterocycles. The van der Waals surface area contributed by atoms with Crippen LogP contribution in [0.25, 0.3) is 0 Å². The number of aliphatic imine (C=N–C) groups is 1. The number of hydrogen-bond donors (Lipinski definition) is 2. The minimum atomic E-state index is 0.208. The topological polar surface area (TPSA) is 36.4 Å². The average Bonchev–Trinajstić information content (AvgIpc) is 2.55. The second-order valence-electron chi connectivity index (χ2n) is 7.23. The first kappa shape index (κ1) is 16.1. The van der Waals surface area contributed by atoms with E-state index in [1.807, 2.05) is 0 Å². The zero-order valence-electron chi connectivity index (χ0n) is 14.6. The van der Waals surface area contributed by atoms with Crippen LogP contribution in [-0.2, 0) is 0 Å². The summed E-state index contributed by atoms with van der Waals surface area (Å²) < 4.78 is 0. The van der Waals surface area contributed by atoms with E-state index in [1.54, 1.807) is 0 Å². The molecule has 1 aromatic carbocycles. The summed E-state index contributed by atoms with van der Waals surface area (Å²) in [5, 5.41) is 7.21. The van der Waals surface area contributed by atoms with Gasteiger partial charge in [-0.1, -0.05) is 51.3 Å². The molecule has 3 nitrogen and oxygen atoms in total. The van der Waals surface area contributed by atoms with Crippen LogP contribution >= 0.6 is 0 Å². The Hall–Kier alpha value is -1.77. The largest absolute Gasteiger partial charge is 0.363 e. The molecule has 2 aliphatic rings. The van der Waals surface area contributed by atoms with E-state index >= 15 is 0 Å². The van der Waals surface area contributed by atoms with Gasteiger partial charge in [-0.2, -0.15) is 0 Å². The molecular formula is C20H29N3. The maximum atomic E-state index is 5.05. The highest BCUT2D eigenvalue weighted by atomic mass is 15.2. The van der Waals surface area contributed by atoms with Crippen LogP contribution in [0, 0.1) is 11.8 Å². The Bertz CT molecular complexity index is 595. The molecule has 1 unspecified atom stereocenters. The van der Waals surface area contributed by atoms with Crippen LogP contribution < -0.4 is 10.6 Å². The van der Waals surface area contributed by atoms with E-state index in [0.29, 0.717) is 11.8 Å². The first-order valence-corrected chi connectivity index (χ1v) is 9.02. The Kier molecular flexibility index (Phi) is 5.04. The van der Waals surface area contributed by atoms with Gasteiger partial charge in [-0.05, 0) is 43.7 Å². The molecule has 1 saturated carbocycles. The molecule has 1 aromatic rings. The van der Waals surface area contributed by atoms with Gasteiger partial charge in [-0.3, -0.25) is 0 Å². The number of allylic oxidation sites excluding steroid dienone is 2. The maximum absolute atomic E-state index is 5.05. The lowest BCUT2D eigenvalue weighted by atomic mass is 9.86. The molecule has 0 spiro atoms. The Balaban J connectivity index is 1.86. The van der Waals surface area contributed by atoms with E-state index in [1.165, 1.54) is 49.1 Å². The predicted octanol–water partition coefficient (Wildman–Crippen LogP) is 4.91. The molecule has 0 saturated heterocycles. The Morgan fingerprint density at radius 3 is 2.70 bits per heavy atom. The summed E-state index contributed by atoms with van der Waals surface area (Å²) in [4.78, 5) is 5.05. The molecule has 23 heavy (non-hydrogen) atoms. The highest BCUT2D eigenvalue weighted by Gasteiger charge is 2.28. The highest BCUT2D eigenvalue weighted by Crippen LogP contribution is 2.32. The van der Waals surface area contributed by atoms with Crippen LogP contribution in [0.1, 0.15) is 58.4 Å². The number of nitrogens with one attached hydrogen (secondary N) is 2. The normalized spacial score (nSPS) is 22.3. The standard InChI is InChI=1S/C20H29N3/c1-14(2)13-15(3)21-20-17-11-7-8-12-18(17)22-19(23-20)16-9-5-4-6-10-16/h7-8,11-14,16,19,22H,4-6,9-10H2,1-3H3,(H,21,23)/b15-13+. The fraction of sp³-hybridized carbons (Fsp3) is 0.550. The molecule has 1 fully saturated rings. The van der Waals surface area contributed by atoms with Crippen molar-refractivity contribution in [2.24, 2.45) is 16.8 Å². The van der Waals surface area contributed by atoms with Crippen molar-refractivity contribution in [2.75, 3.05) is 5.32 Å². The lowest BCUT2D eigenvalue weighted by molar-refractivity contribution is 0.321. The average molecular weight is 311 g/mol. The molecule has 3 heteroatoms. The van der Waals surface area contributed by atoms with Crippen molar-refractivity contribution in [2.45, 2.75) is 59.0 Å². The highest BCUT2D eigenvalue weighted by molar-refractivity contribution is 6.05. The summed E-state index contributed by atoms with van der Waals surface area (Å²) in [6.07, 6.45) is 9.10. The van der Waals surface area contributed by atoms with Gasteiger partial charge < -0.3 is 10.6 Å². The van der Waals surface area contributed by atoms with Gasteiger partial charge in [-0.25, -0.2) is 4.99 Å². The lowest BCUT2D eigenvalue weighted by Crippen LogP contribution is -2.37. The van der Waals surface area contributed by atoms with Gasteiger partial charge in [0.15, 0.2) is 0 Å². The van der Waals surface area contributed by atoms with Gasteiger partial charge in [0.1, 0.15) is 12.0 Å². The number of benzene rings is 1. The molecular weight excluding hydrogens is 282 g/mol. The Labute approximate surface area is 140 Å². The fourth-order valence-electron chi connectivity index (χ4n) is 3.72. The third-order valence-corrected chi connectivity index (χ3v) is 4.75. The van der Waals surface area contributed by atoms with Gasteiger partial charge in [0.25, 0.3) is 0 Å². The van der Waals surface area contributed by atoms with Crippen molar-refractivity contribution in [1.82, 2.24) is 5.32 Å². The van der Waals surface area contributed by atoms with E-state index in [0.717, 1.165) is 5.84 Å². The van der Waals surface area contributed by atoms with Crippen LogP contribution in [0.3, 0.4) is 0 Å². The van der Waals surface area contributed by atoms with Gasteiger partial charge in [-0.15, -0.1) is 0 Å². The second-order valence-corrected chi connectivity index (χ2v) is 7.23. The number of rotatable bonds is 3. The van der Waals surface area contributed by atoms with Crippen LogP contribution in [0.15, 0.2) is 41.0 Å². The predicted molar refractivity (Wildman–Crippen MR) is 98.7 cm³/mol. The van der Waals surface area contributed by atoms with Crippen LogP contribution in [0.4, 0.5) is 5.69 Å². The summed E-state index contributed by atoms with van der Waals surface area (Å²) in [5.41, 5.74) is 3.56. The van der Waals surface area contributed by atoms with Crippen LogP contribution in [0.5, 0.6) is 0 Å². The maximum Gasteiger partial charge on any atom is 0.136 e. The van der Waals surface area contributed by atoms with E-state index in [9.17, 15) is 0 Å². The Morgan fingerprint density at radius 1 is 1.22 bits per heavy atom. The third kappa shape index (κ3) is 3.95. The molecule has 0 amide bonds. The molecule has 1 aliphatic carbocycles. The van der Waals surface area contributed by atoms with Crippen molar-refractivity contribution in [1.29, 1.82) is 0 Å². The number of fused-ring (bicyclic) bond motifs is 1. The fourth-order valence-corrected chi connectivity index (χ4v) is 3.72. The molecule has 0 radical (unpaired) electrons. The Morgan fingerprint density at radius 2 is 1.96 bits per heavy atom. The summed E-state index contributed by atoms with van der Waals surface area (Å²) in [5.74, 6) is 2.21. The van der Waals surface area contributed by atoms with Crippen molar-refractivity contribution in [3.8, 4) is 0 Å². The monoisotopic (exact) mass is 311 g/mol. The smallest absolute Gasteiger partial charge is 0.136 e. The molecule has 2 N–H and O–H groups in total. The minimum absolute atomic E-state index is 0.208. The van der Waals surface area contributed by atoms with Crippen molar-refractivity contribution >= 4 is 11.5 Å². The molecule has 124 valence electrons. The minimum Gasteiger partial charge on any atom is -0.363 e. The first-order chi connectivity index (χ1) is 11.1. The summed E-state index contributed by atoms with van der Waals surface area (Å²) in [7, 11) is 0. The number of nitrogens with zero attached hydrogens (tertiary/aromatic N) is 1. The lowest BCUT2D eigenvalue weighted by Gasteiger charge is -2.33. The number of amidine groups is 1. The van der Waals surface area contributed by atoms with E-state index < -0.39 is 0 Å². The summed E-state index contributed by atoms with van der Waals surface area (Å²) in [6, 6.07) is 8.50. The molecule has 0 aromatic heterocycles. The van der Waals surface area contributed by atoms with E-state index in [2.05, 4.69) is 61.7 Å². The third-order valence-electron chi connectivity index (χ3n) is 4.75. The van der Waals surface area contributed by atoms with E-state index in [4.69, 9.17) is 4.99 Å². The number of para-hydroxylation sites is 1. The van der Waals surface area contributed by atoms with Crippen LogP contribution in [-0.4, -0.2) is 12.0 Å². The molecule has 0 bridgehead atoms. The number of hydrogen-bond acceptors (Lipinski definition) is 3.